The molecule has 7 heteroatoms. The second-order valence-electron chi connectivity index (χ2n) is 5.70. The van der Waals surface area contributed by atoms with Crippen LogP contribution in [0.1, 0.15) is 17.0 Å². The summed E-state index contributed by atoms with van der Waals surface area (Å²) in [4.78, 5) is 26.6. The molecule has 0 N–H and O–H groups in total. The monoisotopic (exact) mass is 331 g/mol. The van der Waals surface area contributed by atoms with Crippen molar-refractivity contribution in [3.8, 4) is 6.07 Å². The molecule has 1 aliphatic heterocycles. The molecule has 7 nitrogen and oxygen atoms in total. The number of carbonyl (C=O) groups excluding carboxylic acids is 1. The van der Waals surface area contributed by atoms with Crippen molar-refractivity contribution >= 4 is 11.7 Å². The molecule has 25 heavy (non-hydrogen) atoms. The number of rotatable bonds is 3. The van der Waals surface area contributed by atoms with Gasteiger partial charge in [-0.05, 0) is 29.8 Å². The van der Waals surface area contributed by atoms with E-state index < -0.39 is 11.7 Å². The van der Waals surface area contributed by atoms with Gasteiger partial charge in [-0.15, -0.1) is 0 Å². The summed E-state index contributed by atoms with van der Waals surface area (Å²) < 4.78 is 2.38. The van der Waals surface area contributed by atoms with Gasteiger partial charge >= 0.3 is 11.7 Å². The third-order valence-electron chi connectivity index (χ3n) is 4.11. The quantitative estimate of drug-likeness (QED) is 0.734. The Morgan fingerprint density at radius 1 is 1.04 bits per heavy atom. The highest BCUT2D eigenvalue weighted by Gasteiger charge is 2.33. The lowest BCUT2D eigenvalue weighted by Gasteiger charge is -2.14. The van der Waals surface area contributed by atoms with E-state index in [1.807, 2.05) is 36.4 Å². The lowest BCUT2D eigenvalue weighted by molar-refractivity contribution is 0.250. The van der Waals surface area contributed by atoms with Gasteiger partial charge in [0.1, 0.15) is 0 Å². The molecule has 1 aliphatic rings. The Morgan fingerprint density at radius 3 is 2.40 bits per heavy atom. The summed E-state index contributed by atoms with van der Waals surface area (Å²) in [6.45, 7) is 0.515. The number of para-hydroxylation sites is 1. The molecule has 0 unspecified atom stereocenters. The number of nitrogens with zero attached hydrogens (tertiary/aromatic N) is 5. The van der Waals surface area contributed by atoms with E-state index in [1.54, 1.807) is 24.3 Å². The third-order valence-corrected chi connectivity index (χ3v) is 4.11. The average molecular weight is 331 g/mol. The SMILES string of the molecule is N#Cc1ccc(Cn2nc3n(c2=O)C(=O)N(c2ccccc2)C3)cc1. The summed E-state index contributed by atoms with van der Waals surface area (Å²) in [6.07, 6.45) is 0. The number of benzene rings is 2. The van der Waals surface area contributed by atoms with E-state index in [1.165, 1.54) is 9.58 Å². The van der Waals surface area contributed by atoms with Gasteiger partial charge in [-0.1, -0.05) is 30.3 Å². The fourth-order valence-electron chi connectivity index (χ4n) is 2.85. The molecule has 0 radical (unpaired) electrons. The van der Waals surface area contributed by atoms with Crippen LogP contribution in [0, 0.1) is 11.3 Å². The third kappa shape index (κ3) is 2.50. The molecule has 0 spiro atoms. The van der Waals surface area contributed by atoms with Gasteiger partial charge in [0.05, 0.1) is 24.7 Å². The summed E-state index contributed by atoms with van der Waals surface area (Å²) in [5.41, 5.74) is 1.67. The Labute approximate surface area is 143 Å². The summed E-state index contributed by atoms with van der Waals surface area (Å²) >= 11 is 0. The van der Waals surface area contributed by atoms with Crippen LogP contribution in [0.5, 0.6) is 0 Å². The summed E-state index contributed by atoms with van der Waals surface area (Å²) in [6, 6.07) is 17.8. The van der Waals surface area contributed by atoms with E-state index >= 15 is 0 Å². The van der Waals surface area contributed by atoms with E-state index in [2.05, 4.69) is 5.10 Å². The first-order valence-electron chi connectivity index (χ1n) is 7.72. The van der Waals surface area contributed by atoms with Gasteiger partial charge < -0.3 is 0 Å². The van der Waals surface area contributed by atoms with Crippen molar-refractivity contribution < 1.29 is 4.79 Å². The van der Waals surface area contributed by atoms with Crippen LogP contribution in [-0.4, -0.2) is 20.4 Å². The van der Waals surface area contributed by atoms with Gasteiger partial charge in [0.2, 0.25) is 0 Å². The Balaban J connectivity index is 1.62. The van der Waals surface area contributed by atoms with Crippen molar-refractivity contribution in [2.75, 3.05) is 4.90 Å². The Kier molecular flexibility index (Phi) is 3.43. The number of carbonyl (C=O) groups is 1. The van der Waals surface area contributed by atoms with Crippen molar-refractivity contribution in [3.63, 3.8) is 0 Å². The molecule has 2 aromatic carbocycles. The molecule has 0 fully saturated rings. The van der Waals surface area contributed by atoms with Gasteiger partial charge in [-0.2, -0.15) is 14.9 Å². The van der Waals surface area contributed by atoms with E-state index in [-0.39, 0.29) is 13.1 Å². The molecular weight excluding hydrogens is 318 g/mol. The van der Waals surface area contributed by atoms with Crippen molar-refractivity contribution in [3.05, 3.63) is 82.0 Å². The Hall–Kier alpha value is -3.66. The number of anilines is 1. The normalized spacial score (nSPS) is 12.9. The van der Waals surface area contributed by atoms with Crippen LogP contribution in [0.15, 0.2) is 59.4 Å². The first-order valence-corrected chi connectivity index (χ1v) is 7.72. The topological polar surface area (TPSA) is 83.9 Å². The molecule has 1 amide bonds. The highest BCUT2D eigenvalue weighted by Crippen LogP contribution is 2.21. The summed E-state index contributed by atoms with van der Waals surface area (Å²) in [5, 5.41) is 13.1. The standard InChI is InChI=1S/C18H13N5O2/c19-10-13-6-8-14(9-7-13)11-22-18(25)23-16(20-22)12-21(17(23)24)15-4-2-1-3-5-15/h1-9H,11-12H2. The van der Waals surface area contributed by atoms with E-state index in [0.29, 0.717) is 11.4 Å². The predicted octanol–water partition coefficient (Wildman–Crippen LogP) is 1.95. The van der Waals surface area contributed by atoms with Gasteiger partial charge in [-0.3, -0.25) is 4.90 Å². The van der Waals surface area contributed by atoms with Crippen LogP contribution >= 0.6 is 0 Å². The zero-order chi connectivity index (χ0) is 17.4. The van der Waals surface area contributed by atoms with Gasteiger partial charge in [0.15, 0.2) is 5.82 Å². The number of aromatic nitrogens is 3. The Bertz CT molecular complexity index is 1040. The summed E-state index contributed by atoms with van der Waals surface area (Å²) in [7, 11) is 0. The maximum Gasteiger partial charge on any atom is 0.354 e. The number of amides is 1. The molecule has 0 saturated carbocycles. The number of fused-ring (bicyclic) bond motifs is 1. The lowest BCUT2D eigenvalue weighted by Crippen LogP contribution is -2.34. The smallest absolute Gasteiger partial charge is 0.286 e. The molecule has 0 atom stereocenters. The minimum atomic E-state index is -0.456. The molecule has 2 heterocycles. The van der Waals surface area contributed by atoms with Crippen molar-refractivity contribution in [1.29, 1.82) is 5.26 Å². The second-order valence-corrected chi connectivity index (χ2v) is 5.70. The van der Waals surface area contributed by atoms with Crippen LogP contribution in [-0.2, 0) is 13.1 Å². The fraction of sp³-hybridized carbons (Fsp3) is 0.111. The molecule has 4 rings (SSSR count). The number of nitriles is 1. The molecule has 122 valence electrons. The van der Waals surface area contributed by atoms with Crippen molar-refractivity contribution in [1.82, 2.24) is 14.3 Å². The van der Waals surface area contributed by atoms with E-state index in [9.17, 15) is 9.59 Å². The molecule has 0 aliphatic carbocycles. The average Bonchev–Trinajstić information content (AvgIpc) is 3.13. The van der Waals surface area contributed by atoms with Crippen LogP contribution < -0.4 is 10.6 Å². The molecule has 0 bridgehead atoms. The largest absolute Gasteiger partial charge is 0.354 e. The van der Waals surface area contributed by atoms with E-state index in [4.69, 9.17) is 5.26 Å². The van der Waals surface area contributed by atoms with E-state index in [0.717, 1.165) is 15.8 Å². The van der Waals surface area contributed by atoms with Gasteiger partial charge in [0, 0.05) is 5.69 Å². The molecule has 3 aromatic rings. The lowest BCUT2D eigenvalue weighted by atomic mass is 10.1. The fourth-order valence-corrected chi connectivity index (χ4v) is 2.85. The zero-order valence-corrected chi connectivity index (χ0v) is 13.2. The predicted molar refractivity (Wildman–Crippen MR) is 90.2 cm³/mol. The number of hydrogen-bond donors (Lipinski definition) is 0. The minimum Gasteiger partial charge on any atom is -0.286 e. The van der Waals surface area contributed by atoms with Crippen molar-refractivity contribution in [2.45, 2.75) is 13.1 Å². The molecule has 0 saturated heterocycles. The minimum absolute atomic E-state index is 0.253. The van der Waals surface area contributed by atoms with Gasteiger partial charge in [-0.25, -0.2) is 14.3 Å². The maximum atomic E-state index is 12.6. The first-order chi connectivity index (χ1) is 12.2. The Morgan fingerprint density at radius 2 is 1.76 bits per heavy atom. The number of hydrogen-bond acceptors (Lipinski definition) is 4. The zero-order valence-electron chi connectivity index (χ0n) is 13.2. The molecule has 1 aromatic heterocycles. The highest BCUT2D eigenvalue weighted by molar-refractivity contribution is 5.95. The highest BCUT2D eigenvalue weighted by atomic mass is 16.2. The van der Waals surface area contributed by atoms with Crippen LogP contribution in [0.2, 0.25) is 0 Å². The maximum absolute atomic E-state index is 12.6. The van der Waals surface area contributed by atoms with Crippen LogP contribution in [0.3, 0.4) is 0 Å². The second kappa shape index (κ2) is 5.76. The summed E-state index contributed by atoms with van der Waals surface area (Å²) in [5.74, 6) is 0.424. The molecular formula is C18H13N5O2. The van der Waals surface area contributed by atoms with Crippen molar-refractivity contribution in [2.24, 2.45) is 0 Å². The first kappa shape index (κ1) is 14.9. The van der Waals surface area contributed by atoms with Crippen LogP contribution in [0.4, 0.5) is 10.5 Å². The van der Waals surface area contributed by atoms with Crippen LogP contribution in [0.25, 0.3) is 0 Å². The van der Waals surface area contributed by atoms with Gasteiger partial charge in [0.25, 0.3) is 0 Å².